The number of hydrogen-bond acceptors (Lipinski definition) is 3. The minimum absolute atomic E-state index is 0. The quantitative estimate of drug-likeness (QED) is 0.333. The molecule has 0 radical (unpaired) electrons. The van der Waals surface area contributed by atoms with Crippen LogP contribution in [0.15, 0.2) is 29.3 Å². The molecule has 3 rings (SSSR count). The summed E-state index contributed by atoms with van der Waals surface area (Å²) >= 11 is 0. The van der Waals surface area contributed by atoms with Gasteiger partial charge in [0.2, 0.25) is 10.0 Å². The maximum absolute atomic E-state index is 12.3. The molecule has 0 unspecified atom stereocenters. The lowest BCUT2D eigenvalue weighted by atomic mass is 9.86. The lowest BCUT2D eigenvalue weighted by Gasteiger charge is -2.26. The summed E-state index contributed by atoms with van der Waals surface area (Å²) in [5.74, 6) is 0.913. The highest BCUT2D eigenvalue weighted by Crippen LogP contribution is 2.45. The zero-order valence-corrected chi connectivity index (χ0v) is 20.9. The molecule has 0 bridgehead atoms. The third kappa shape index (κ3) is 6.55. The van der Waals surface area contributed by atoms with Crippen LogP contribution in [0, 0.1) is 5.41 Å². The minimum Gasteiger partial charge on any atom is -0.352 e. The van der Waals surface area contributed by atoms with E-state index in [9.17, 15) is 8.42 Å². The van der Waals surface area contributed by atoms with E-state index in [1.54, 1.807) is 0 Å². The SMILES string of the molecule is CN=C(NCc1ccccc1CS(=O)(=O)NC(C)C)N1CCC2(CCCC2)C1.I. The van der Waals surface area contributed by atoms with Crippen molar-refractivity contribution in [1.29, 1.82) is 0 Å². The van der Waals surface area contributed by atoms with Crippen molar-refractivity contribution in [2.45, 2.75) is 64.3 Å². The average Bonchev–Trinajstić information content (AvgIpc) is 3.26. The predicted molar refractivity (Wildman–Crippen MR) is 130 cm³/mol. The average molecular weight is 535 g/mol. The smallest absolute Gasteiger partial charge is 0.216 e. The van der Waals surface area contributed by atoms with E-state index in [0.29, 0.717) is 12.0 Å². The van der Waals surface area contributed by atoms with Gasteiger partial charge in [0, 0.05) is 32.7 Å². The molecule has 1 heterocycles. The van der Waals surface area contributed by atoms with Crippen LogP contribution in [-0.2, 0) is 22.3 Å². The molecule has 8 heteroatoms. The van der Waals surface area contributed by atoms with Gasteiger partial charge in [0.05, 0.1) is 5.75 Å². The van der Waals surface area contributed by atoms with Gasteiger partial charge in [-0.15, -0.1) is 24.0 Å². The molecule has 1 spiro atoms. The van der Waals surface area contributed by atoms with Crippen molar-refractivity contribution >= 4 is 40.0 Å². The molecule has 2 N–H and O–H groups in total. The Balaban J connectivity index is 0.00000300. The molecule has 2 aliphatic rings. The molecule has 164 valence electrons. The van der Waals surface area contributed by atoms with Gasteiger partial charge < -0.3 is 10.2 Å². The fraction of sp³-hybridized carbons (Fsp3) is 0.667. The Hall–Kier alpha value is -0.870. The molecular weight excluding hydrogens is 499 g/mol. The molecule has 1 saturated heterocycles. The lowest BCUT2D eigenvalue weighted by molar-refractivity contribution is 0.309. The number of rotatable bonds is 6. The van der Waals surface area contributed by atoms with Crippen molar-refractivity contribution in [2.24, 2.45) is 10.4 Å². The summed E-state index contributed by atoms with van der Waals surface area (Å²) in [7, 11) is -1.53. The van der Waals surface area contributed by atoms with Gasteiger partial charge in [-0.25, -0.2) is 13.1 Å². The van der Waals surface area contributed by atoms with Crippen LogP contribution < -0.4 is 10.0 Å². The van der Waals surface area contributed by atoms with Gasteiger partial charge in [-0.05, 0) is 49.7 Å². The monoisotopic (exact) mass is 534 g/mol. The third-order valence-electron chi connectivity index (χ3n) is 5.93. The summed E-state index contributed by atoms with van der Waals surface area (Å²) < 4.78 is 27.4. The highest BCUT2D eigenvalue weighted by molar-refractivity contribution is 14.0. The van der Waals surface area contributed by atoms with E-state index in [-0.39, 0.29) is 35.8 Å². The second kappa shape index (κ2) is 10.4. The number of benzene rings is 1. The second-order valence-corrected chi connectivity index (χ2v) is 10.3. The predicted octanol–water partition coefficient (Wildman–Crippen LogP) is 3.47. The zero-order valence-electron chi connectivity index (χ0n) is 17.8. The molecule has 0 aromatic heterocycles. The van der Waals surface area contributed by atoms with Crippen molar-refractivity contribution in [3.63, 3.8) is 0 Å². The van der Waals surface area contributed by atoms with E-state index < -0.39 is 10.0 Å². The summed E-state index contributed by atoms with van der Waals surface area (Å²) in [6.45, 7) is 6.38. The highest BCUT2D eigenvalue weighted by Gasteiger charge is 2.41. The van der Waals surface area contributed by atoms with Gasteiger partial charge in [-0.3, -0.25) is 4.99 Å². The van der Waals surface area contributed by atoms with Crippen LogP contribution in [0.1, 0.15) is 57.1 Å². The number of nitrogens with one attached hydrogen (secondary N) is 2. The molecule has 2 fully saturated rings. The molecule has 1 aromatic carbocycles. The van der Waals surface area contributed by atoms with Crippen LogP contribution >= 0.6 is 24.0 Å². The van der Waals surface area contributed by atoms with E-state index >= 15 is 0 Å². The van der Waals surface area contributed by atoms with Crippen molar-refractivity contribution in [3.8, 4) is 0 Å². The Morgan fingerprint density at radius 2 is 1.83 bits per heavy atom. The van der Waals surface area contributed by atoms with Crippen LogP contribution in [-0.4, -0.2) is 45.5 Å². The number of likely N-dealkylation sites (tertiary alicyclic amines) is 1. The fourth-order valence-electron chi connectivity index (χ4n) is 4.63. The Kier molecular flexibility index (Phi) is 8.78. The van der Waals surface area contributed by atoms with Gasteiger partial charge in [-0.2, -0.15) is 0 Å². The largest absolute Gasteiger partial charge is 0.352 e. The summed E-state index contributed by atoms with van der Waals surface area (Å²) in [5.41, 5.74) is 2.31. The number of aliphatic imine (C=N–C) groups is 1. The maximum atomic E-state index is 12.3. The van der Waals surface area contributed by atoms with Crippen LogP contribution in [0.25, 0.3) is 0 Å². The van der Waals surface area contributed by atoms with Gasteiger partial charge >= 0.3 is 0 Å². The first kappa shape index (κ1) is 24.4. The number of guanidine groups is 1. The summed E-state index contributed by atoms with van der Waals surface area (Å²) in [4.78, 5) is 6.85. The van der Waals surface area contributed by atoms with E-state index in [2.05, 4.69) is 19.9 Å². The van der Waals surface area contributed by atoms with Crippen LogP contribution in [0.5, 0.6) is 0 Å². The summed E-state index contributed by atoms with van der Waals surface area (Å²) in [6.07, 6.45) is 6.63. The molecule has 1 aliphatic carbocycles. The summed E-state index contributed by atoms with van der Waals surface area (Å²) in [6, 6.07) is 7.62. The Morgan fingerprint density at radius 1 is 1.17 bits per heavy atom. The first-order valence-electron chi connectivity index (χ1n) is 10.3. The number of halogens is 1. The molecule has 1 aliphatic heterocycles. The zero-order chi connectivity index (χ0) is 20.2. The number of sulfonamides is 1. The van der Waals surface area contributed by atoms with Crippen molar-refractivity contribution < 1.29 is 8.42 Å². The van der Waals surface area contributed by atoms with E-state index in [0.717, 1.165) is 30.2 Å². The molecule has 29 heavy (non-hydrogen) atoms. The first-order valence-corrected chi connectivity index (χ1v) is 12.0. The third-order valence-corrected chi connectivity index (χ3v) is 7.45. The van der Waals surface area contributed by atoms with Crippen LogP contribution in [0.2, 0.25) is 0 Å². The normalized spacial score (nSPS) is 19.0. The Bertz CT molecular complexity index is 805. The van der Waals surface area contributed by atoms with Gasteiger partial charge in [-0.1, -0.05) is 37.1 Å². The van der Waals surface area contributed by atoms with Gasteiger partial charge in [0.25, 0.3) is 0 Å². The number of nitrogens with zero attached hydrogens (tertiary/aromatic N) is 2. The van der Waals surface area contributed by atoms with Crippen LogP contribution in [0.3, 0.4) is 0 Å². The van der Waals surface area contributed by atoms with E-state index in [4.69, 9.17) is 0 Å². The first-order chi connectivity index (χ1) is 13.3. The lowest BCUT2D eigenvalue weighted by Crippen LogP contribution is -2.40. The Labute approximate surface area is 193 Å². The molecule has 0 atom stereocenters. The Morgan fingerprint density at radius 3 is 2.45 bits per heavy atom. The highest BCUT2D eigenvalue weighted by atomic mass is 127. The van der Waals surface area contributed by atoms with Crippen molar-refractivity contribution in [2.75, 3.05) is 20.1 Å². The number of hydrogen-bond donors (Lipinski definition) is 2. The molecular formula is C21H35IN4O2S. The topological polar surface area (TPSA) is 73.8 Å². The minimum atomic E-state index is -3.35. The van der Waals surface area contributed by atoms with E-state index in [1.165, 1.54) is 32.1 Å². The van der Waals surface area contributed by atoms with Crippen molar-refractivity contribution in [1.82, 2.24) is 14.9 Å². The molecule has 1 aromatic rings. The van der Waals surface area contributed by atoms with Crippen LogP contribution in [0.4, 0.5) is 0 Å². The van der Waals surface area contributed by atoms with Gasteiger partial charge in [0.15, 0.2) is 5.96 Å². The summed E-state index contributed by atoms with van der Waals surface area (Å²) in [5, 5.41) is 3.46. The molecule has 0 amide bonds. The maximum Gasteiger partial charge on any atom is 0.216 e. The van der Waals surface area contributed by atoms with Gasteiger partial charge in [0.1, 0.15) is 0 Å². The van der Waals surface area contributed by atoms with Crippen molar-refractivity contribution in [3.05, 3.63) is 35.4 Å². The molecule has 1 saturated carbocycles. The molecule has 6 nitrogen and oxygen atoms in total. The standard InChI is InChI=1S/C21H34N4O2S.HI/c1-17(2)24-28(26,27)15-19-9-5-4-8-18(19)14-23-20(22-3)25-13-12-21(16-25)10-6-7-11-21;/h4-5,8-9,17,24H,6-7,10-16H2,1-3H3,(H,22,23);1H. The van der Waals surface area contributed by atoms with E-state index in [1.807, 2.05) is 45.2 Å². The second-order valence-electron chi connectivity index (χ2n) is 8.58. The fourth-order valence-corrected chi connectivity index (χ4v) is 6.12.